The number of nitrogens with zero attached hydrogens (tertiary/aromatic N) is 2. The molecule has 0 N–H and O–H groups in total. The molecule has 0 saturated carbocycles. The number of fused-ring (bicyclic) bond motifs is 1. The molecule has 3 nitrogen and oxygen atoms in total. The summed E-state index contributed by atoms with van der Waals surface area (Å²) in [7, 11) is 0. The lowest BCUT2D eigenvalue weighted by Crippen LogP contribution is -2.31. The molecule has 0 saturated heterocycles. The van der Waals surface area contributed by atoms with Crippen molar-refractivity contribution in [2.75, 3.05) is 4.90 Å². The van der Waals surface area contributed by atoms with Crippen LogP contribution in [0.5, 0.6) is 0 Å². The zero-order chi connectivity index (χ0) is 19.8. The largest absolute Gasteiger partial charge is 0.305 e. The summed E-state index contributed by atoms with van der Waals surface area (Å²) >= 11 is 7.78. The van der Waals surface area contributed by atoms with Crippen LogP contribution in [-0.2, 0) is 11.3 Å². The maximum Gasteiger partial charge on any atom is 0.233 e. The third-order valence-corrected chi connectivity index (χ3v) is 6.21. The van der Waals surface area contributed by atoms with Gasteiger partial charge in [-0.25, -0.2) is 9.38 Å². The van der Waals surface area contributed by atoms with Crippen LogP contribution in [0.15, 0.2) is 52.8 Å². The summed E-state index contributed by atoms with van der Waals surface area (Å²) in [5.41, 5.74) is 4.56. The van der Waals surface area contributed by atoms with Crippen molar-refractivity contribution in [3.8, 4) is 0 Å². The molecule has 0 aliphatic carbocycles. The second-order valence-corrected chi connectivity index (χ2v) is 8.17. The lowest BCUT2D eigenvalue weighted by Gasteiger charge is -2.24. The van der Waals surface area contributed by atoms with Gasteiger partial charge in [-0.15, -0.1) is 11.3 Å². The van der Waals surface area contributed by atoms with E-state index in [4.69, 9.17) is 16.6 Å². The topological polar surface area (TPSA) is 32.7 Å². The number of thiophene rings is 1. The summed E-state index contributed by atoms with van der Waals surface area (Å²) in [6.07, 6.45) is 0.152. The van der Waals surface area contributed by atoms with E-state index in [-0.39, 0.29) is 18.9 Å². The van der Waals surface area contributed by atoms with E-state index in [2.05, 4.69) is 0 Å². The normalized spacial score (nSPS) is 13.9. The van der Waals surface area contributed by atoms with Crippen LogP contribution in [0.3, 0.4) is 0 Å². The Morgan fingerprint density at radius 3 is 2.68 bits per heavy atom. The van der Waals surface area contributed by atoms with Gasteiger partial charge in [0.1, 0.15) is 5.82 Å². The number of carbonyl (C=O) groups is 1. The minimum atomic E-state index is -0.422. The predicted molar refractivity (Wildman–Crippen MR) is 114 cm³/mol. The number of hydrogen-bond acceptors (Lipinski definition) is 3. The van der Waals surface area contributed by atoms with Crippen molar-refractivity contribution in [1.82, 2.24) is 0 Å². The standard InChI is InChI=1S/C22H18ClFN2OS/c1-13-9-18-20(10-14(13)2)26(12-15-16(23)5-3-6-17(15)24)22(27)11-19(25-18)21-7-4-8-28-21/h3-10H,11-12H2,1-2H3. The Hall–Kier alpha value is -2.50. The third-order valence-electron chi connectivity index (χ3n) is 4.94. The van der Waals surface area contributed by atoms with Crippen LogP contribution in [0.25, 0.3) is 0 Å². The van der Waals surface area contributed by atoms with Crippen LogP contribution < -0.4 is 4.90 Å². The average molecular weight is 413 g/mol. The van der Waals surface area contributed by atoms with E-state index >= 15 is 0 Å². The predicted octanol–water partition coefficient (Wildman–Crippen LogP) is 6.22. The summed E-state index contributed by atoms with van der Waals surface area (Å²) in [6.45, 7) is 4.07. The van der Waals surface area contributed by atoms with Crippen LogP contribution in [0.1, 0.15) is 28.0 Å². The molecule has 1 amide bonds. The molecule has 1 aliphatic heterocycles. The monoisotopic (exact) mass is 412 g/mol. The molecule has 0 fully saturated rings. The van der Waals surface area contributed by atoms with Gasteiger partial charge in [0.25, 0.3) is 0 Å². The highest BCUT2D eigenvalue weighted by Crippen LogP contribution is 2.37. The zero-order valence-electron chi connectivity index (χ0n) is 15.5. The number of aryl methyl sites for hydroxylation is 2. The molecule has 0 radical (unpaired) electrons. The maximum absolute atomic E-state index is 14.4. The maximum atomic E-state index is 14.4. The molecule has 28 heavy (non-hydrogen) atoms. The average Bonchev–Trinajstić information content (AvgIpc) is 3.15. The first-order valence-corrected chi connectivity index (χ1v) is 10.2. The molecule has 1 aromatic heterocycles. The fraction of sp³-hybridized carbons (Fsp3) is 0.182. The van der Waals surface area contributed by atoms with E-state index in [0.717, 1.165) is 21.7 Å². The summed E-state index contributed by atoms with van der Waals surface area (Å²) in [5.74, 6) is -0.553. The van der Waals surface area contributed by atoms with Gasteiger partial charge in [-0.2, -0.15) is 0 Å². The highest BCUT2D eigenvalue weighted by atomic mass is 35.5. The van der Waals surface area contributed by atoms with E-state index in [1.54, 1.807) is 28.4 Å². The first kappa shape index (κ1) is 18.8. The van der Waals surface area contributed by atoms with Gasteiger partial charge in [-0.05, 0) is 60.7 Å². The molecule has 0 atom stereocenters. The van der Waals surface area contributed by atoms with Gasteiger partial charge < -0.3 is 4.90 Å². The van der Waals surface area contributed by atoms with Gasteiger partial charge in [-0.3, -0.25) is 4.79 Å². The molecule has 2 aromatic carbocycles. The van der Waals surface area contributed by atoms with Crippen molar-refractivity contribution in [2.24, 2.45) is 4.99 Å². The van der Waals surface area contributed by atoms with Crippen molar-refractivity contribution in [2.45, 2.75) is 26.8 Å². The number of hydrogen-bond donors (Lipinski definition) is 0. The lowest BCUT2D eigenvalue weighted by molar-refractivity contribution is -0.117. The lowest BCUT2D eigenvalue weighted by atomic mass is 10.1. The van der Waals surface area contributed by atoms with Crippen molar-refractivity contribution in [3.05, 3.63) is 80.3 Å². The Bertz CT molecular complexity index is 1070. The second-order valence-electron chi connectivity index (χ2n) is 6.82. The molecule has 1 aliphatic rings. The molecule has 3 aromatic rings. The van der Waals surface area contributed by atoms with Gasteiger partial charge >= 0.3 is 0 Å². The van der Waals surface area contributed by atoms with Crippen molar-refractivity contribution >= 4 is 45.9 Å². The molecular weight excluding hydrogens is 395 g/mol. The van der Waals surface area contributed by atoms with E-state index in [1.165, 1.54) is 6.07 Å². The minimum absolute atomic E-state index is 0.0626. The van der Waals surface area contributed by atoms with Crippen molar-refractivity contribution in [3.63, 3.8) is 0 Å². The number of halogens is 2. The Morgan fingerprint density at radius 1 is 1.18 bits per heavy atom. The van der Waals surface area contributed by atoms with E-state index in [1.807, 2.05) is 43.5 Å². The Kier molecular flexibility index (Phi) is 5.04. The number of aliphatic imine (C=N–C) groups is 1. The van der Waals surface area contributed by atoms with Crippen molar-refractivity contribution < 1.29 is 9.18 Å². The molecular formula is C22H18ClFN2OS. The number of carbonyl (C=O) groups excluding carboxylic acids is 1. The fourth-order valence-electron chi connectivity index (χ4n) is 3.25. The summed E-state index contributed by atoms with van der Waals surface area (Å²) in [5, 5.41) is 2.27. The number of anilines is 1. The van der Waals surface area contributed by atoms with Gasteiger partial charge in [0.15, 0.2) is 0 Å². The van der Waals surface area contributed by atoms with Gasteiger partial charge in [0, 0.05) is 15.5 Å². The molecule has 6 heteroatoms. The Labute approximate surface area is 172 Å². The molecule has 0 spiro atoms. The summed E-state index contributed by atoms with van der Waals surface area (Å²) < 4.78 is 14.4. The molecule has 2 heterocycles. The van der Waals surface area contributed by atoms with E-state index < -0.39 is 5.82 Å². The molecule has 0 unspecified atom stereocenters. The fourth-order valence-corrected chi connectivity index (χ4v) is 4.19. The Morgan fingerprint density at radius 2 is 1.96 bits per heavy atom. The van der Waals surface area contributed by atoms with Crippen molar-refractivity contribution in [1.29, 1.82) is 0 Å². The van der Waals surface area contributed by atoms with Gasteiger partial charge in [0.2, 0.25) is 5.91 Å². The number of amides is 1. The van der Waals surface area contributed by atoms with Gasteiger partial charge in [0.05, 0.1) is 30.1 Å². The second kappa shape index (κ2) is 7.49. The van der Waals surface area contributed by atoms with Crippen LogP contribution in [0.4, 0.5) is 15.8 Å². The van der Waals surface area contributed by atoms with Crippen LogP contribution >= 0.6 is 22.9 Å². The molecule has 4 rings (SSSR count). The van der Waals surface area contributed by atoms with Crippen LogP contribution in [-0.4, -0.2) is 11.6 Å². The third kappa shape index (κ3) is 3.48. The zero-order valence-corrected chi connectivity index (χ0v) is 17.1. The quantitative estimate of drug-likeness (QED) is 0.503. The van der Waals surface area contributed by atoms with E-state index in [0.29, 0.717) is 22.0 Å². The first-order valence-electron chi connectivity index (χ1n) is 8.90. The molecule has 0 bridgehead atoms. The highest BCUT2D eigenvalue weighted by molar-refractivity contribution is 7.12. The SMILES string of the molecule is Cc1cc2c(cc1C)N(Cc1c(F)cccc1Cl)C(=O)CC(c1cccs1)=N2. The smallest absolute Gasteiger partial charge is 0.233 e. The van der Waals surface area contributed by atoms with Crippen LogP contribution in [0, 0.1) is 19.7 Å². The molecule has 142 valence electrons. The first-order chi connectivity index (χ1) is 13.4. The Balaban J connectivity index is 1.84. The minimum Gasteiger partial charge on any atom is -0.305 e. The highest BCUT2D eigenvalue weighted by Gasteiger charge is 2.27. The van der Waals surface area contributed by atoms with Crippen LogP contribution in [0.2, 0.25) is 5.02 Å². The number of benzene rings is 2. The number of rotatable bonds is 3. The van der Waals surface area contributed by atoms with E-state index in [9.17, 15) is 9.18 Å². The summed E-state index contributed by atoms with van der Waals surface area (Å²) in [4.78, 5) is 20.6. The van der Waals surface area contributed by atoms with Gasteiger partial charge in [-0.1, -0.05) is 23.7 Å². The summed E-state index contributed by atoms with van der Waals surface area (Å²) in [6, 6.07) is 12.4.